The molecule has 0 bridgehead atoms. The number of carboxylic acid groups (broad SMARTS) is 1. The first-order chi connectivity index (χ1) is 7.97. The van der Waals surface area contributed by atoms with Gasteiger partial charge in [-0.05, 0) is 18.9 Å². The van der Waals surface area contributed by atoms with Crippen LogP contribution in [0.2, 0.25) is 0 Å². The largest absolute Gasteiger partial charge is 0.480 e. The van der Waals surface area contributed by atoms with Crippen LogP contribution < -0.4 is 5.32 Å². The zero-order valence-electron chi connectivity index (χ0n) is 10.2. The van der Waals surface area contributed by atoms with Crippen molar-refractivity contribution >= 4 is 11.9 Å². The van der Waals surface area contributed by atoms with Crippen LogP contribution in [0.4, 0.5) is 0 Å². The van der Waals surface area contributed by atoms with Crippen molar-refractivity contribution in [2.45, 2.75) is 33.2 Å². The summed E-state index contributed by atoms with van der Waals surface area (Å²) in [5.41, 5.74) is 0.375. The molecule has 1 heterocycles. The number of hydrogen-bond acceptors (Lipinski definition) is 3. The number of furan rings is 1. The average molecular weight is 239 g/mol. The smallest absolute Gasteiger partial charge is 0.326 e. The number of aliphatic carboxylic acids is 1. The van der Waals surface area contributed by atoms with Crippen LogP contribution in [0.15, 0.2) is 16.7 Å². The van der Waals surface area contributed by atoms with Gasteiger partial charge in [-0.1, -0.05) is 20.3 Å². The minimum Gasteiger partial charge on any atom is -0.480 e. The van der Waals surface area contributed by atoms with Crippen LogP contribution in [0.1, 0.15) is 36.4 Å². The van der Waals surface area contributed by atoms with Gasteiger partial charge in [0.15, 0.2) is 0 Å². The van der Waals surface area contributed by atoms with Gasteiger partial charge in [0, 0.05) is 0 Å². The first-order valence-electron chi connectivity index (χ1n) is 5.55. The standard InChI is InChI=1S/C12H17NO4/c1-4-7(2)10(12(15)16)13-11(14)9-5-6-17-8(9)3/h5-7,10H,4H2,1-3H3,(H,13,14)(H,15,16). The highest BCUT2D eigenvalue weighted by Crippen LogP contribution is 2.12. The van der Waals surface area contributed by atoms with Gasteiger partial charge < -0.3 is 14.8 Å². The lowest BCUT2D eigenvalue weighted by Crippen LogP contribution is -2.45. The molecule has 0 saturated carbocycles. The topological polar surface area (TPSA) is 79.5 Å². The van der Waals surface area contributed by atoms with Gasteiger partial charge in [-0.15, -0.1) is 0 Å². The van der Waals surface area contributed by atoms with E-state index in [1.54, 1.807) is 13.8 Å². The van der Waals surface area contributed by atoms with Crippen LogP contribution in [-0.4, -0.2) is 23.0 Å². The molecule has 17 heavy (non-hydrogen) atoms. The van der Waals surface area contributed by atoms with E-state index in [-0.39, 0.29) is 5.92 Å². The Morgan fingerprint density at radius 3 is 2.59 bits per heavy atom. The normalized spacial score (nSPS) is 14.1. The zero-order chi connectivity index (χ0) is 13.0. The maximum absolute atomic E-state index is 11.8. The van der Waals surface area contributed by atoms with Gasteiger partial charge in [0.1, 0.15) is 11.8 Å². The predicted octanol–water partition coefficient (Wildman–Crippen LogP) is 1.82. The summed E-state index contributed by atoms with van der Waals surface area (Å²) < 4.78 is 5.01. The molecule has 0 aromatic carbocycles. The Morgan fingerprint density at radius 1 is 1.53 bits per heavy atom. The molecule has 2 atom stereocenters. The first-order valence-corrected chi connectivity index (χ1v) is 5.55. The molecule has 1 aromatic heterocycles. The van der Waals surface area contributed by atoms with E-state index in [1.807, 2.05) is 6.92 Å². The second kappa shape index (κ2) is 5.52. The van der Waals surface area contributed by atoms with Crippen molar-refractivity contribution in [2.75, 3.05) is 0 Å². The van der Waals surface area contributed by atoms with Gasteiger partial charge in [0.2, 0.25) is 0 Å². The first kappa shape index (κ1) is 13.3. The average Bonchev–Trinajstić information content (AvgIpc) is 2.70. The Hall–Kier alpha value is -1.78. The number of aryl methyl sites for hydroxylation is 1. The van der Waals surface area contributed by atoms with Crippen molar-refractivity contribution in [3.63, 3.8) is 0 Å². The van der Waals surface area contributed by atoms with Gasteiger partial charge >= 0.3 is 5.97 Å². The van der Waals surface area contributed by atoms with Crippen molar-refractivity contribution < 1.29 is 19.1 Å². The number of carbonyl (C=O) groups excluding carboxylic acids is 1. The van der Waals surface area contributed by atoms with Crippen molar-refractivity contribution in [2.24, 2.45) is 5.92 Å². The molecule has 0 aliphatic rings. The highest BCUT2D eigenvalue weighted by Gasteiger charge is 2.26. The van der Waals surface area contributed by atoms with E-state index in [9.17, 15) is 9.59 Å². The molecule has 0 spiro atoms. The molecule has 5 heteroatoms. The second-order valence-corrected chi connectivity index (χ2v) is 4.07. The summed E-state index contributed by atoms with van der Waals surface area (Å²) in [5, 5.41) is 11.6. The number of carboxylic acids is 1. The third-order valence-electron chi connectivity index (χ3n) is 2.87. The lowest BCUT2D eigenvalue weighted by molar-refractivity contribution is -0.140. The number of amides is 1. The fraction of sp³-hybridized carbons (Fsp3) is 0.500. The third kappa shape index (κ3) is 3.09. The molecule has 0 radical (unpaired) electrons. The molecule has 0 saturated heterocycles. The maximum Gasteiger partial charge on any atom is 0.326 e. The van der Waals surface area contributed by atoms with Crippen molar-refractivity contribution in [1.29, 1.82) is 0 Å². The van der Waals surface area contributed by atoms with Crippen LogP contribution in [0, 0.1) is 12.8 Å². The van der Waals surface area contributed by atoms with Crippen LogP contribution in [0.25, 0.3) is 0 Å². The Kier molecular flexibility index (Phi) is 4.31. The Morgan fingerprint density at radius 2 is 2.18 bits per heavy atom. The summed E-state index contributed by atoms with van der Waals surface area (Å²) in [4.78, 5) is 22.9. The molecular formula is C12H17NO4. The van der Waals surface area contributed by atoms with Gasteiger partial charge in [-0.2, -0.15) is 0 Å². The summed E-state index contributed by atoms with van der Waals surface area (Å²) in [6, 6.07) is 0.655. The molecule has 1 rings (SSSR count). The predicted molar refractivity (Wildman–Crippen MR) is 61.8 cm³/mol. The van der Waals surface area contributed by atoms with Gasteiger partial charge in [0.05, 0.1) is 11.8 Å². The minimum atomic E-state index is -1.02. The lowest BCUT2D eigenvalue weighted by Gasteiger charge is -2.19. The molecular weight excluding hydrogens is 222 g/mol. The highest BCUT2D eigenvalue weighted by atomic mass is 16.4. The van der Waals surface area contributed by atoms with E-state index in [1.165, 1.54) is 12.3 Å². The Bertz CT molecular complexity index is 410. The maximum atomic E-state index is 11.8. The van der Waals surface area contributed by atoms with Gasteiger partial charge in [-0.25, -0.2) is 4.79 Å². The van der Waals surface area contributed by atoms with E-state index in [4.69, 9.17) is 9.52 Å². The lowest BCUT2D eigenvalue weighted by atomic mass is 9.99. The van der Waals surface area contributed by atoms with Crippen molar-refractivity contribution in [1.82, 2.24) is 5.32 Å². The Labute approximate surface area is 99.8 Å². The Balaban J connectivity index is 2.78. The van der Waals surface area contributed by atoms with Crippen LogP contribution in [0.3, 0.4) is 0 Å². The van der Waals surface area contributed by atoms with Crippen molar-refractivity contribution in [3.8, 4) is 0 Å². The zero-order valence-corrected chi connectivity index (χ0v) is 10.2. The van der Waals surface area contributed by atoms with Crippen molar-refractivity contribution in [3.05, 3.63) is 23.7 Å². The van der Waals surface area contributed by atoms with Crippen LogP contribution in [-0.2, 0) is 4.79 Å². The summed E-state index contributed by atoms with van der Waals surface area (Å²) in [6.45, 7) is 5.34. The van der Waals surface area contributed by atoms with E-state index in [0.717, 1.165) is 0 Å². The molecule has 0 aliphatic carbocycles. The molecule has 0 fully saturated rings. The summed E-state index contributed by atoms with van der Waals surface area (Å²) >= 11 is 0. The molecule has 5 nitrogen and oxygen atoms in total. The number of rotatable bonds is 5. The monoisotopic (exact) mass is 239 g/mol. The van der Waals surface area contributed by atoms with Crippen LogP contribution in [0.5, 0.6) is 0 Å². The minimum absolute atomic E-state index is 0.122. The molecule has 94 valence electrons. The van der Waals surface area contributed by atoms with E-state index in [2.05, 4.69) is 5.32 Å². The van der Waals surface area contributed by atoms with E-state index in [0.29, 0.717) is 17.7 Å². The highest BCUT2D eigenvalue weighted by molar-refractivity contribution is 5.97. The SMILES string of the molecule is CCC(C)C(NC(=O)c1ccoc1C)C(=O)O. The van der Waals surface area contributed by atoms with Crippen LogP contribution >= 0.6 is 0 Å². The summed E-state index contributed by atoms with van der Waals surface area (Å²) in [6.07, 6.45) is 2.09. The third-order valence-corrected chi connectivity index (χ3v) is 2.87. The fourth-order valence-corrected chi connectivity index (χ4v) is 1.52. The molecule has 0 aliphatic heterocycles. The number of nitrogens with one attached hydrogen (secondary N) is 1. The second-order valence-electron chi connectivity index (χ2n) is 4.07. The van der Waals surface area contributed by atoms with E-state index < -0.39 is 17.9 Å². The van der Waals surface area contributed by atoms with Gasteiger partial charge in [-0.3, -0.25) is 4.79 Å². The van der Waals surface area contributed by atoms with E-state index >= 15 is 0 Å². The quantitative estimate of drug-likeness (QED) is 0.821. The summed E-state index contributed by atoms with van der Waals surface area (Å²) in [5.74, 6) is -1.07. The molecule has 2 N–H and O–H groups in total. The molecule has 1 amide bonds. The molecule has 1 aromatic rings. The fourth-order valence-electron chi connectivity index (χ4n) is 1.52. The summed E-state index contributed by atoms with van der Waals surface area (Å²) in [7, 11) is 0. The number of hydrogen-bond donors (Lipinski definition) is 2. The van der Waals surface area contributed by atoms with Gasteiger partial charge in [0.25, 0.3) is 5.91 Å². The molecule has 2 unspecified atom stereocenters. The number of carbonyl (C=O) groups is 2.